The van der Waals surface area contributed by atoms with Crippen LogP contribution in [0, 0.1) is 0 Å². The maximum absolute atomic E-state index is 11.7. The third-order valence-electron chi connectivity index (χ3n) is 2.56. The fraction of sp³-hybridized carbons (Fsp3) is 0.385. The first-order valence-corrected chi connectivity index (χ1v) is 6.93. The van der Waals surface area contributed by atoms with Gasteiger partial charge in [0, 0.05) is 11.7 Å². The quantitative estimate of drug-likeness (QED) is 0.828. The molecule has 2 unspecified atom stereocenters. The van der Waals surface area contributed by atoms with E-state index in [0.29, 0.717) is 12.0 Å². The molecule has 0 radical (unpaired) electrons. The van der Waals surface area contributed by atoms with Crippen LogP contribution in [0.2, 0.25) is 0 Å². The Balaban J connectivity index is 2.71. The molecule has 2 N–H and O–H groups in total. The first kappa shape index (κ1) is 14.6. The summed E-state index contributed by atoms with van der Waals surface area (Å²) in [5.74, 6) is -1.29. The number of rotatable bonds is 6. The number of thioether (sulfide) groups is 1. The van der Waals surface area contributed by atoms with Crippen LogP contribution in [0.5, 0.6) is 0 Å². The molecule has 0 saturated carbocycles. The van der Waals surface area contributed by atoms with Crippen LogP contribution in [0.4, 0.5) is 0 Å². The van der Waals surface area contributed by atoms with E-state index in [1.54, 1.807) is 42.1 Å². The van der Waals surface area contributed by atoms with Crippen LogP contribution in [-0.2, 0) is 9.59 Å². The van der Waals surface area contributed by atoms with Crippen LogP contribution in [0.3, 0.4) is 0 Å². The predicted molar refractivity (Wildman–Crippen MR) is 72.6 cm³/mol. The number of amides is 1. The van der Waals surface area contributed by atoms with Gasteiger partial charge in [-0.25, -0.2) is 4.79 Å². The molecule has 2 atom stereocenters. The van der Waals surface area contributed by atoms with Gasteiger partial charge in [-0.15, -0.1) is 0 Å². The Labute approximate surface area is 111 Å². The van der Waals surface area contributed by atoms with Crippen molar-refractivity contribution < 1.29 is 14.7 Å². The summed E-state index contributed by atoms with van der Waals surface area (Å²) >= 11 is 1.58. The molecule has 0 bridgehead atoms. The number of carboxylic acids is 1. The van der Waals surface area contributed by atoms with Gasteiger partial charge >= 0.3 is 5.97 Å². The van der Waals surface area contributed by atoms with Gasteiger partial charge in [0.1, 0.15) is 0 Å². The first-order chi connectivity index (χ1) is 8.54. The van der Waals surface area contributed by atoms with Crippen LogP contribution in [0.1, 0.15) is 24.9 Å². The molecular formula is C13H17NO3S. The maximum atomic E-state index is 11.7. The minimum absolute atomic E-state index is 0.176. The highest BCUT2D eigenvalue weighted by molar-refractivity contribution is 7.99. The maximum Gasteiger partial charge on any atom is 0.330 e. The summed E-state index contributed by atoms with van der Waals surface area (Å²) in [5.41, 5.74) is 0.579. The zero-order valence-electron chi connectivity index (χ0n) is 10.4. The Morgan fingerprint density at radius 2 is 1.94 bits per heavy atom. The highest BCUT2D eigenvalue weighted by Crippen LogP contribution is 2.14. The third kappa shape index (κ3) is 4.41. The Kier molecular flexibility index (Phi) is 5.71. The minimum atomic E-state index is -1.05. The Morgan fingerprint density at radius 1 is 1.33 bits per heavy atom. The molecule has 0 spiro atoms. The molecule has 1 aromatic rings. The minimum Gasteiger partial charge on any atom is -0.479 e. The highest BCUT2D eigenvalue weighted by atomic mass is 32.2. The van der Waals surface area contributed by atoms with Crippen molar-refractivity contribution in [2.24, 2.45) is 0 Å². The summed E-state index contributed by atoms with van der Waals surface area (Å²) in [6.45, 7) is 1.93. The monoisotopic (exact) mass is 267 g/mol. The van der Waals surface area contributed by atoms with Gasteiger partial charge < -0.3 is 10.4 Å². The van der Waals surface area contributed by atoms with Gasteiger partial charge in [0.15, 0.2) is 6.04 Å². The lowest BCUT2D eigenvalue weighted by Crippen LogP contribution is -2.34. The molecule has 18 heavy (non-hydrogen) atoms. The van der Waals surface area contributed by atoms with Gasteiger partial charge in [-0.05, 0) is 11.8 Å². The van der Waals surface area contributed by atoms with E-state index in [2.05, 4.69) is 5.32 Å². The number of carboxylic acid groups (broad SMARTS) is 1. The van der Waals surface area contributed by atoms with Crippen molar-refractivity contribution in [1.82, 2.24) is 5.32 Å². The average molecular weight is 267 g/mol. The number of carbonyl (C=O) groups excluding carboxylic acids is 1. The van der Waals surface area contributed by atoms with Gasteiger partial charge in [0.25, 0.3) is 0 Å². The lowest BCUT2D eigenvalue weighted by molar-refractivity contribution is -0.142. The fourth-order valence-electron chi connectivity index (χ4n) is 1.50. The molecule has 0 saturated heterocycles. The number of benzene rings is 1. The molecule has 0 fully saturated rings. The molecule has 0 aliphatic heterocycles. The van der Waals surface area contributed by atoms with E-state index in [1.165, 1.54) is 0 Å². The Bertz CT molecular complexity index is 408. The van der Waals surface area contributed by atoms with Crippen LogP contribution in [0.25, 0.3) is 0 Å². The SMILES string of the molecule is CSC(C)CC(=O)NC(C(=O)O)c1ccccc1. The molecule has 0 aliphatic carbocycles. The van der Waals surface area contributed by atoms with Crippen molar-refractivity contribution in [1.29, 1.82) is 0 Å². The molecule has 4 nitrogen and oxygen atoms in total. The van der Waals surface area contributed by atoms with E-state index in [4.69, 9.17) is 5.11 Å². The third-order valence-corrected chi connectivity index (χ3v) is 3.53. The van der Waals surface area contributed by atoms with Gasteiger partial charge in [0.2, 0.25) is 5.91 Å². The molecule has 1 rings (SSSR count). The number of hydrogen-bond acceptors (Lipinski definition) is 3. The Hall–Kier alpha value is -1.49. The van der Waals surface area contributed by atoms with E-state index in [1.807, 2.05) is 13.2 Å². The van der Waals surface area contributed by atoms with Crippen LogP contribution in [0.15, 0.2) is 30.3 Å². The topological polar surface area (TPSA) is 66.4 Å². The van der Waals surface area contributed by atoms with Gasteiger partial charge in [-0.3, -0.25) is 4.79 Å². The smallest absolute Gasteiger partial charge is 0.330 e. The van der Waals surface area contributed by atoms with Crippen LogP contribution < -0.4 is 5.32 Å². The zero-order chi connectivity index (χ0) is 13.5. The standard InChI is InChI=1S/C13H17NO3S/c1-9(18-2)8-11(15)14-12(13(16)17)10-6-4-3-5-7-10/h3-7,9,12H,8H2,1-2H3,(H,14,15)(H,16,17). The summed E-state index contributed by atoms with van der Waals surface area (Å²) in [5, 5.41) is 11.9. The van der Waals surface area contributed by atoms with Crippen molar-refractivity contribution >= 4 is 23.6 Å². The summed E-state index contributed by atoms with van der Waals surface area (Å²) in [6, 6.07) is 7.71. The summed E-state index contributed by atoms with van der Waals surface area (Å²) in [6.07, 6.45) is 2.24. The summed E-state index contributed by atoms with van der Waals surface area (Å²) in [4.78, 5) is 22.9. The number of hydrogen-bond donors (Lipinski definition) is 2. The van der Waals surface area contributed by atoms with E-state index >= 15 is 0 Å². The highest BCUT2D eigenvalue weighted by Gasteiger charge is 2.22. The largest absolute Gasteiger partial charge is 0.479 e. The van der Waals surface area contributed by atoms with Crippen molar-refractivity contribution in [3.05, 3.63) is 35.9 Å². The van der Waals surface area contributed by atoms with E-state index < -0.39 is 12.0 Å². The lowest BCUT2D eigenvalue weighted by Gasteiger charge is -2.16. The van der Waals surface area contributed by atoms with Crippen molar-refractivity contribution in [3.63, 3.8) is 0 Å². The fourth-order valence-corrected chi connectivity index (χ4v) is 1.82. The molecular weight excluding hydrogens is 250 g/mol. The average Bonchev–Trinajstić information content (AvgIpc) is 2.36. The normalized spacial score (nSPS) is 13.7. The molecule has 0 aromatic heterocycles. The summed E-state index contributed by atoms with van der Waals surface area (Å²) < 4.78 is 0. The number of nitrogens with one attached hydrogen (secondary N) is 1. The zero-order valence-corrected chi connectivity index (χ0v) is 11.2. The molecule has 0 heterocycles. The van der Waals surface area contributed by atoms with Gasteiger partial charge in [0.05, 0.1) is 0 Å². The molecule has 1 aromatic carbocycles. The second kappa shape index (κ2) is 7.06. The van der Waals surface area contributed by atoms with Crippen molar-refractivity contribution in [3.8, 4) is 0 Å². The van der Waals surface area contributed by atoms with Crippen LogP contribution >= 0.6 is 11.8 Å². The van der Waals surface area contributed by atoms with Crippen LogP contribution in [-0.4, -0.2) is 28.5 Å². The molecule has 1 amide bonds. The molecule has 5 heteroatoms. The molecule has 0 aliphatic rings. The van der Waals surface area contributed by atoms with E-state index in [-0.39, 0.29) is 11.2 Å². The predicted octanol–water partition coefficient (Wildman–Crippen LogP) is 2.07. The number of carbonyl (C=O) groups is 2. The second-order valence-corrected chi connectivity index (χ2v) is 5.28. The number of aliphatic carboxylic acids is 1. The molecule has 98 valence electrons. The summed E-state index contributed by atoms with van der Waals surface area (Å²) in [7, 11) is 0. The van der Waals surface area contributed by atoms with Crippen molar-refractivity contribution in [2.45, 2.75) is 24.6 Å². The Morgan fingerprint density at radius 3 is 2.44 bits per heavy atom. The van der Waals surface area contributed by atoms with E-state index in [0.717, 1.165) is 0 Å². The van der Waals surface area contributed by atoms with Crippen molar-refractivity contribution in [2.75, 3.05) is 6.26 Å². The van der Waals surface area contributed by atoms with E-state index in [9.17, 15) is 9.59 Å². The second-order valence-electron chi connectivity index (χ2n) is 4.00. The van der Waals surface area contributed by atoms with Gasteiger partial charge in [-0.2, -0.15) is 11.8 Å². The van der Waals surface area contributed by atoms with Gasteiger partial charge in [-0.1, -0.05) is 37.3 Å². The first-order valence-electron chi connectivity index (χ1n) is 5.64. The lowest BCUT2D eigenvalue weighted by atomic mass is 10.1.